The molecule has 0 radical (unpaired) electrons. The van der Waals surface area contributed by atoms with Crippen LogP contribution in [-0.2, 0) is 11.8 Å². The fourth-order valence-corrected chi connectivity index (χ4v) is 3.29. The van der Waals surface area contributed by atoms with Crippen LogP contribution >= 0.6 is 11.8 Å². The van der Waals surface area contributed by atoms with Crippen molar-refractivity contribution < 1.29 is 4.79 Å². The Hall–Kier alpha value is -1.75. The van der Waals surface area contributed by atoms with Crippen LogP contribution in [0.2, 0.25) is 0 Å². The van der Waals surface area contributed by atoms with E-state index in [1.807, 2.05) is 27.8 Å². The van der Waals surface area contributed by atoms with Crippen molar-refractivity contribution in [2.45, 2.75) is 44.8 Å². The maximum absolute atomic E-state index is 12.4. The molecular weight excluding hydrogens is 294 g/mol. The van der Waals surface area contributed by atoms with Crippen molar-refractivity contribution in [3.63, 3.8) is 0 Å². The summed E-state index contributed by atoms with van der Waals surface area (Å²) in [6.07, 6.45) is 0. The Morgan fingerprint density at radius 2 is 1.95 bits per heavy atom. The minimum absolute atomic E-state index is 0.00387. The van der Waals surface area contributed by atoms with Gasteiger partial charge in [0.2, 0.25) is 5.91 Å². The highest BCUT2D eigenvalue weighted by molar-refractivity contribution is 8.00. The van der Waals surface area contributed by atoms with Gasteiger partial charge in [0.05, 0.1) is 22.3 Å². The van der Waals surface area contributed by atoms with E-state index in [2.05, 4.69) is 42.5 Å². The third-order valence-corrected chi connectivity index (χ3v) is 5.04. The number of benzene rings is 1. The van der Waals surface area contributed by atoms with Crippen molar-refractivity contribution in [3.05, 3.63) is 40.7 Å². The number of anilines is 1. The Balaban J connectivity index is 2.09. The third kappa shape index (κ3) is 3.53. The first-order chi connectivity index (χ1) is 10.3. The fraction of sp³-hybridized carbons (Fsp3) is 0.412. The van der Waals surface area contributed by atoms with Gasteiger partial charge < -0.3 is 5.32 Å². The molecule has 5 heteroatoms. The molecule has 1 aromatic carbocycles. The Bertz CT molecular complexity index is 706. The summed E-state index contributed by atoms with van der Waals surface area (Å²) < 4.78 is 1.78. The summed E-state index contributed by atoms with van der Waals surface area (Å²) in [5, 5.41) is 7.17. The second-order valence-electron chi connectivity index (χ2n) is 5.69. The van der Waals surface area contributed by atoms with Crippen molar-refractivity contribution in [2.24, 2.45) is 7.05 Å². The van der Waals surface area contributed by atoms with Gasteiger partial charge in [0.1, 0.15) is 0 Å². The van der Waals surface area contributed by atoms with E-state index in [4.69, 9.17) is 0 Å². The highest BCUT2D eigenvalue weighted by Gasteiger charge is 2.19. The van der Waals surface area contributed by atoms with Crippen LogP contribution in [0.15, 0.2) is 23.1 Å². The monoisotopic (exact) mass is 317 g/mol. The van der Waals surface area contributed by atoms with Crippen LogP contribution in [0, 0.1) is 27.7 Å². The van der Waals surface area contributed by atoms with Crippen LogP contribution in [0.4, 0.5) is 5.69 Å². The molecule has 22 heavy (non-hydrogen) atoms. The molecule has 118 valence electrons. The first-order valence-electron chi connectivity index (χ1n) is 7.34. The molecule has 1 N–H and O–H groups in total. The van der Waals surface area contributed by atoms with Gasteiger partial charge in [-0.15, -0.1) is 11.8 Å². The van der Waals surface area contributed by atoms with Crippen LogP contribution in [0.5, 0.6) is 0 Å². The van der Waals surface area contributed by atoms with Crippen LogP contribution in [0.3, 0.4) is 0 Å². The molecule has 0 spiro atoms. The topological polar surface area (TPSA) is 46.9 Å². The lowest BCUT2D eigenvalue weighted by molar-refractivity contribution is -0.115. The van der Waals surface area contributed by atoms with Crippen molar-refractivity contribution in [1.29, 1.82) is 0 Å². The molecule has 0 unspecified atom stereocenters. The SMILES string of the molecule is Cc1ccc(S[C@@H](C)C(=O)Nc2c(C)nn(C)c2C)c(C)c1. The van der Waals surface area contributed by atoms with E-state index in [0.29, 0.717) is 0 Å². The Kier molecular flexibility index (Phi) is 4.96. The lowest BCUT2D eigenvalue weighted by Crippen LogP contribution is -2.23. The van der Waals surface area contributed by atoms with Gasteiger partial charge in [0.15, 0.2) is 0 Å². The average molecular weight is 317 g/mol. The fourth-order valence-electron chi connectivity index (χ4n) is 2.35. The highest BCUT2D eigenvalue weighted by atomic mass is 32.2. The van der Waals surface area contributed by atoms with Gasteiger partial charge in [0.25, 0.3) is 0 Å². The zero-order valence-corrected chi connectivity index (χ0v) is 14.8. The van der Waals surface area contributed by atoms with Gasteiger partial charge in [0, 0.05) is 11.9 Å². The molecule has 0 aliphatic heterocycles. The quantitative estimate of drug-likeness (QED) is 0.873. The van der Waals surface area contributed by atoms with Gasteiger partial charge in [-0.2, -0.15) is 5.10 Å². The lowest BCUT2D eigenvalue weighted by atomic mass is 10.2. The standard InChI is InChI=1S/C17H23N3OS/c1-10-7-8-15(11(2)9-10)22-14(5)17(21)18-16-12(3)19-20(6)13(16)4/h7-9,14H,1-6H3,(H,18,21)/t14-/m0/s1. The van der Waals surface area contributed by atoms with Crippen LogP contribution in [0.25, 0.3) is 0 Å². The number of amides is 1. The molecule has 1 atom stereocenters. The molecule has 1 aromatic heterocycles. The minimum Gasteiger partial charge on any atom is -0.322 e. The molecule has 2 aromatic rings. The molecule has 0 aliphatic carbocycles. The van der Waals surface area contributed by atoms with Crippen molar-refractivity contribution >= 4 is 23.4 Å². The van der Waals surface area contributed by atoms with Crippen LogP contribution in [-0.4, -0.2) is 20.9 Å². The normalized spacial score (nSPS) is 12.3. The average Bonchev–Trinajstić information content (AvgIpc) is 2.68. The first-order valence-corrected chi connectivity index (χ1v) is 8.22. The Morgan fingerprint density at radius 1 is 1.27 bits per heavy atom. The van der Waals surface area contributed by atoms with Gasteiger partial charge in [-0.05, 0) is 46.2 Å². The van der Waals surface area contributed by atoms with Crippen molar-refractivity contribution in [2.75, 3.05) is 5.32 Å². The zero-order valence-electron chi connectivity index (χ0n) is 14.0. The molecule has 2 rings (SSSR count). The first kappa shape index (κ1) is 16.6. The Morgan fingerprint density at radius 3 is 2.50 bits per heavy atom. The second-order valence-corrected chi connectivity index (χ2v) is 7.07. The number of rotatable bonds is 4. The number of hydrogen-bond acceptors (Lipinski definition) is 3. The predicted octanol–water partition coefficient (Wildman–Crippen LogP) is 3.77. The number of carbonyl (C=O) groups excluding carboxylic acids is 1. The highest BCUT2D eigenvalue weighted by Crippen LogP contribution is 2.28. The summed E-state index contributed by atoms with van der Waals surface area (Å²) in [5.74, 6) is 0.00387. The number of nitrogens with one attached hydrogen (secondary N) is 1. The largest absolute Gasteiger partial charge is 0.322 e. The van der Waals surface area contributed by atoms with E-state index in [9.17, 15) is 4.79 Å². The molecule has 0 saturated heterocycles. The molecular formula is C17H23N3OS. The maximum Gasteiger partial charge on any atom is 0.237 e. The summed E-state index contributed by atoms with van der Waals surface area (Å²) >= 11 is 1.59. The van der Waals surface area contributed by atoms with Crippen LogP contribution in [0.1, 0.15) is 29.4 Å². The number of nitrogens with zero attached hydrogens (tertiary/aromatic N) is 2. The van der Waals surface area contributed by atoms with Gasteiger partial charge in [-0.3, -0.25) is 9.48 Å². The molecule has 4 nitrogen and oxygen atoms in total. The van der Waals surface area contributed by atoms with Gasteiger partial charge in [-0.25, -0.2) is 0 Å². The van der Waals surface area contributed by atoms with E-state index in [1.54, 1.807) is 16.4 Å². The molecule has 1 heterocycles. The number of thioether (sulfide) groups is 1. The van der Waals surface area contributed by atoms with E-state index in [-0.39, 0.29) is 11.2 Å². The number of carbonyl (C=O) groups is 1. The molecule has 0 bridgehead atoms. The van der Waals surface area contributed by atoms with Crippen molar-refractivity contribution in [1.82, 2.24) is 9.78 Å². The predicted molar refractivity (Wildman–Crippen MR) is 92.5 cm³/mol. The summed E-state index contributed by atoms with van der Waals surface area (Å²) in [6, 6.07) is 6.30. The molecule has 1 amide bonds. The van der Waals surface area contributed by atoms with E-state index in [1.165, 1.54) is 11.1 Å². The van der Waals surface area contributed by atoms with E-state index < -0.39 is 0 Å². The van der Waals surface area contributed by atoms with E-state index in [0.717, 1.165) is 22.0 Å². The maximum atomic E-state index is 12.4. The third-order valence-electron chi connectivity index (χ3n) is 3.76. The lowest BCUT2D eigenvalue weighted by Gasteiger charge is -2.14. The molecule has 0 saturated carbocycles. The summed E-state index contributed by atoms with van der Waals surface area (Å²) in [6.45, 7) is 9.95. The molecule has 0 fully saturated rings. The van der Waals surface area contributed by atoms with Gasteiger partial charge in [-0.1, -0.05) is 17.7 Å². The number of aryl methyl sites for hydroxylation is 4. The van der Waals surface area contributed by atoms with Crippen molar-refractivity contribution in [3.8, 4) is 0 Å². The zero-order chi connectivity index (χ0) is 16.4. The number of aromatic nitrogens is 2. The summed E-state index contributed by atoms with van der Waals surface area (Å²) in [4.78, 5) is 13.6. The van der Waals surface area contributed by atoms with Gasteiger partial charge >= 0.3 is 0 Å². The molecule has 0 aliphatic rings. The summed E-state index contributed by atoms with van der Waals surface area (Å²) in [7, 11) is 1.88. The minimum atomic E-state index is -0.166. The van der Waals surface area contributed by atoms with E-state index >= 15 is 0 Å². The van der Waals surface area contributed by atoms with Crippen LogP contribution < -0.4 is 5.32 Å². The Labute approximate surface area is 136 Å². The summed E-state index contributed by atoms with van der Waals surface area (Å²) in [5.41, 5.74) is 5.08. The second kappa shape index (κ2) is 6.57. The smallest absolute Gasteiger partial charge is 0.237 e. The number of hydrogen-bond donors (Lipinski definition) is 1.